The molecule has 2 rings (SSSR count). The van der Waals surface area contributed by atoms with Gasteiger partial charge in [-0.2, -0.15) is 0 Å². The average molecular weight is 344 g/mol. The molecule has 0 fully saturated rings. The van der Waals surface area contributed by atoms with Crippen molar-refractivity contribution in [1.82, 2.24) is 0 Å². The maximum Gasteiger partial charge on any atom is 0.194 e. The highest BCUT2D eigenvalue weighted by molar-refractivity contribution is 9.10. The van der Waals surface area contributed by atoms with Crippen molar-refractivity contribution in [2.24, 2.45) is 0 Å². The zero-order valence-corrected chi connectivity index (χ0v) is 12.6. The molecule has 92 valence electrons. The second kappa shape index (κ2) is 5.43. The van der Waals surface area contributed by atoms with Crippen LogP contribution in [0.4, 0.5) is 0 Å². The van der Waals surface area contributed by atoms with Crippen LogP contribution in [0.2, 0.25) is 10.0 Å². The molecule has 2 aromatic rings. The molecule has 2 aromatic carbocycles. The van der Waals surface area contributed by atoms with E-state index >= 15 is 0 Å². The molecule has 0 saturated carbocycles. The number of ketones is 1. The van der Waals surface area contributed by atoms with Gasteiger partial charge in [0.25, 0.3) is 0 Å². The van der Waals surface area contributed by atoms with Crippen LogP contribution in [0.3, 0.4) is 0 Å². The van der Waals surface area contributed by atoms with Crippen LogP contribution >= 0.6 is 39.1 Å². The van der Waals surface area contributed by atoms with Crippen molar-refractivity contribution < 1.29 is 4.79 Å². The number of hydrogen-bond donors (Lipinski definition) is 0. The number of benzene rings is 2. The van der Waals surface area contributed by atoms with Crippen molar-refractivity contribution in [3.8, 4) is 0 Å². The van der Waals surface area contributed by atoms with E-state index in [1.54, 1.807) is 30.3 Å². The van der Waals surface area contributed by atoms with E-state index in [9.17, 15) is 4.79 Å². The van der Waals surface area contributed by atoms with Crippen molar-refractivity contribution in [3.63, 3.8) is 0 Å². The highest BCUT2D eigenvalue weighted by Gasteiger charge is 2.13. The first-order valence-electron chi connectivity index (χ1n) is 5.25. The first-order chi connectivity index (χ1) is 8.49. The highest BCUT2D eigenvalue weighted by atomic mass is 79.9. The molecule has 0 bridgehead atoms. The Morgan fingerprint density at radius 3 is 2.44 bits per heavy atom. The van der Waals surface area contributed by atoms with Crippen molar-refractivity contribution in [2.45, 2.75) is 6.92 Å². The smallest absolute Gasteiger partial charge is 0.194 e. The minimum absolute atomic E-state index is 0.0829. The molecule has 1 nitrogen and oxygen atoms in total. The molecule has 0 saturated heterocycles. The molecule has 18 heavy (non-hydrogen) atoms. The van der Waals surface area contributed by atoms with E-state index in [1.807, 2.05) is 13.0 Å². The molecule has 0 heterocycles. The van der Waals surface area contributed by atoms with Gasteiger partial charge in [0.1, 0.15) is 0 Å². The SMILES string of the molecule is Cc1ccc(C(=O)c2ccc(Cl)cc2Br)cc1Cl. The fraction of sp³-hybridized carbons (Fsp3) is 0.0714. The van der Waals surface area contributed by atoms with E-state index in [0.717, 1.165) is 5.56 Å². The summed E-state index contributed by atoms with van der Waals surface area (Å²) >= 11 is 15.2. The minimum atomic E-state index is -0.0829. The van der Waals surface area contributed by atoms with Gasteiger partial charge in [0.2, 0.25) is 0 Å². The molecule has 0 aromatic heterocycles. The fourth-order valence-corrected chi connectivity index (χ4v) is 2.61. The number of halogens is 3. The third kappa shape index (κ3) is 2.77. The summed E-state index contributed by atoms with van der Waals surface area (Å²) in [6.07, 6.45) is 0. The number of carbonyl (C=O) groups is 1. The standard InChI is InChI=1S/C14H9BrCl2O/c1-8-2-3-9(6-13(8)17)14(18)11-5-4-10(16)7-12(11)15/h2-7H,1H3. The molecule has 0 aliphatic carbocycles. The number of carbonyl (C=O) groups excluding carboxylic acids is 1. The fourth-order valence-electron chi connectivity index (χ4n) is 1.56. The Labute approximate surface area is 124 Å². The number of rotatable bonds is 2. The van der Waals surface area contributed by atoms with Crippen molar-refractivity contribution in [1.29, 1.82) is 0 Å². The Morgan fingerprint density at radius 2 is 1.83 bits per heavy atom. The Morgan fingerprint density at radius 1 is 1.11 bits per heavy atom. The van der Waals surface area contributed by atoms with Crippen LogP contribution in [-0.2, 0) is 0 Å². The monoisotopic (exact) mass is 342 g/mol. The van der Waals surface area contributed by atoms with Gasteiger partial charge in [-0.1, -0.05) is 35.3 Å². The summed E-state index contributed by atoms with van der Waals surface area (Å²) in [5.41, 5.74) is 2.08. The third-order valence-electron chi connectivity index (χ3n) is 2.61. The van der Waals surface area contributed by atoms with Gasteiger partial charge in [-0.3, -0.25) is 4.79 Å². The molecular formula is C14H9BrCl2O. The molecule has 4 heteroatoms. The molecule has 0 aliphatic heterocycles. The van der Waals surface area contributed by atoms with Gasteiger partial charge in [0.05, 0.1) is 0 Å². The maximum atomic E-state index is 12.3. The van der Waals surface area contributed by atoms with Crippen LogP contribution in [0.5, 0.6) is 0 Å². The van der Waals surface area contributed by atoms with Crippen molar-refractivity contribution >= 4 is 44.9 Å². The predicted molar refractivity (Wildman–Crippen MR) is 78.8 cm³/mol. The first kappa shape index (κ1) is 13.6. The van der Waals surface area contributed by atoms with E-state index in [-0.39, 0.29) is 5.78 Å². The Balaban J connectivity index is 2.44. The lowest BCUT2D eigenvalue weighted by atomic mass is 10.0. The van der Waals surface area contributed by atoms with Gasteiger partial charge in [-0.25, -0.2) is 0 Å². The van der Waals surface area contributed by atoms with E-state index < -0.39 is 0 Å². The topological polar surface area (TPSA) is 17.1 Å². The van der Waals surface area contributed by atoms with Gasteiger partial charge in [0, 0.05) is 25.6 Å². The molecule has 0 aliphatic rings. The summed E-state index contributed by atoms with van der Waals surface area (Å²) in [6.45, 7) is 1.90. The largest absolute Gasteiger partial charge is 0.289 e. The van der Waals surface area contributed by atoms with Crippen LogP contribution in [-0.4, -0.2) is 5.78 Å². The molecule has 0 spiro atoms. The Kier molecular flexibility index (Phi) is 4.10. The quantitative estimate of drug-likeness (QED) is 0.676. The number of hydrogen-bond acceptors (Lipinski definition) is 1. The van der Waals surface area contributed by atoms with Crippen LogP contribution in [0.25, 0.3) is 0 Å². The minimum Gasteiger partial charge on any atom is -0.289 e. The van der Waals surface area contributed by atoms with E-state index in [1.165, 1.54) is 0 Å². The normalized spacial score (nSPS) is 10.4. The predicted octanol–water partition coefficient (Wildman–Crippen LogP) is 5.30. The second-order valence-corrected chi connectivity index (χ2v) is 5.62. The van der Waals surface area contributed by atoms with Gasteiger partial charge in [0.15, 0.2) is 5.78 Å². The van der Waals surface area contributed by atoms with Crippen LogP contribution in [0, 0.1) is 6.92 Å². The Bertz CT molecular complexity index is 623. The van der Waals surface area contributed by atoms with E-state index in [4.69, 9.17) is 23.2 Å². The zero-order valence-electron chi connectivity index (χ0n) is 9.51. The van der Waals surface area contributed by atoms with E-state index in [2.05, 4.69) is 15.9 Å². The lowest BCUT2D eigenvalue weighted by Crippen LogP contribution is -2.02. The van der Waals surface area contributed by atoms with Gasteiger partial charge in [-0.05, 0) is 52.7 Å². The molecular weight excluding hydrogens is 335 g/mol. The number of aryl methyl sites for hydroxylation is 1. The third-order valence-corrected chi connectivity index (χ3v) is 3.91. The summed E-state index contributed by atoms with van der Waals surface area (Å²) in [5, 5.41) is 1.17. The summed E-state index contributed by atoms with van der Waals surface area (Å²) in [5.74, 6) is -0.0829. The van der Waals surface area contributed by atoms with Gasteiger partial charge in [-0.15, -0.1) is 0 Å². The van der Waals surface area contributed by atoms with Crippen LogP contribution < -0.4 is 0 Å². The van der Waals surface area contributed by atoms with Crippen LogP contribution in [0.15, 0.2) is 40.9 Å². The molecule has 0 N–H and O–H groups in total. The summed E-state index contributed by atoms with van der Waals surface area (Å²) < 4.78 is 0.677. The highest BCUT2D eigenvalue weighted by Crippen LogP contribution is 2.25. The summed E-state index contributed by atoms with van der Waals surface area (Å²) in [6, 6.07) is 10.4. The van der Waals surface area contributed by atoms with Crippen LogP contribution in [0.1, 0.15) is 21.5 Å². The lowest BCUT2D eigenvalue weighted by Gasteiger charge is -2.06. The summed E-state index contributed by atoms with van der Waals surface area (Å²) in [7, 11) is 0. The molecule has 0 unspecified atom stereocenters. The van der Waals surface area contributed by atoms with E-state index in [0.29, 0.717) is 25.6 Å². The Hall–Kier alpha value is -0.830. The first-order valence-corrected chi connectivity index (χ1v) is 6.80. The van der Waals surface area contributed by atoms with Crippen molar-refractivity contribution in [2.75, 3.05) is 0 Å². The average Bonchev–Trinajstić information content (AvgIpc) is 2.32. The van der Waals surface area contributed by atoms with Gasteiger partial charge >= 0.3 is 0 Å². The molecule has 0 atom stereocenters. The summed E-state index contributed by atoms with van der Waals surface area (Å²) in [4.78, 5) is 12.3. The molecule has 0 amide bonds. The van der Waals surface area contributed by atoms with Crippen molar-refractivity contribution in [3.05, 3.63) is 67.6 Å². The zero-order chi connectivity index (χ0) is 13.3. The van der Waals surface area contributed by atoms with Gasteiger partial charge < -0.3 is 0 Å². The second-order valence-electron chi connectivity index (χ2n) is 3.92. The molecule has 0 radical (unpaired) electrons. The lowest BCUT2D eigenvalue weighted by molar-refractivity contribution is 0.103. The maximum absolute atomic E-state index is 12.3.